The second-order valence-electron chi connectivity index (χ2n) is 6.76. The van der Waals surface area contributed by atoms with Gasteiger partial charge in [-0.15, -0.1) is 0 Å². The van der Waals surface area contributed by atoms with Crippen LogP contribution in [0.25, 0.3) is 11.1 Å². The van der Waals surface area contributed by atoms with Gasteiger partial charge in [-0.2, -0.15) is 0 Å². The van der Waals surface area contributed by atoms with E-state index in [-0.39, 0.29) is 22.6 Å². The Balaban J connectivity index is 2.03. The predicted molar refractivity (Wildman–Crippen MR) is 120 cm³/mol. The fraction of sp³-hybridized carbons (Fsp3) is 0.160. The molecule has 0 saturated carbocycles. The summed E-state index contributed by atoms with van der Waals surface area (Å²) in [6.07, 6.45) is 0. The largest absolute Gasteiger partial charge is 0.494 e. The lowest BCUT2D eigenvalue weighted by Gasteiger charge is -2.15. The summed E-state index contributed by atoms with van der Waals surface area (Å²) in [7, 11) is 1.27. The number of benzene rings is 3. The van der Waals surface area contributed by atoms with Crippen LogP contribution >= 0.6 is 0 Å². The molecule has 3 aromatic rings. The highest BCUT2D eigenvalue weighted by Crippen LogP contribution is 2.29. The number of hydrogen-bond donors (Lipinski definition) is 1. The van der Waals surface area contributed by atoms with Crippen LogP contribution in [0.4, 0.5) is 5.69 Å². The number of anilines is 1. The smallest absolute Gasteiger partial charge is 0.339 e. The molecule has 0 unspecified atom stereocenters. The lowest BCUT2D eigenvalue weighted by molar-refractivity contribution is -0.131. The first-order valence-electron chi connectivity index (χ1n) is 9.97. The van der Waals surface area contributed by atoms with Crippen molar-refractivity contribution in [2.45, 2.75) is 13.8 Å². The number of rotatable bonds is 7. The van der Waals surface area contributed by atoms with Crippen LogP contribution in [0.3, 0.4) is 0 Å². The number of esters is 2. The summed E-state index contributed by atoms with van der Waals surface area (Å²) in [5.41, 5.74) is 2.26. The number of methoxy groups -OCH3 is 1. The summed E-state index contributed by atoms with van der Waals surface area (Å²) < 4.78 is 15.5. The summed E-state index contributed by atoms with van der Waals surface area (Å²) in [6.45, 7) is 3.47. The van der Waals surface area contributed by atoms with Gasteiger partial charge < -0.3 is 19.5 Å². The van der Waals surface area contributed by atoms with Crippen molar-refractivity contribution in [2.24, 2.45) is 0 Å². The van der Waals surface area contributed by atoms with Crippen molar-refractivity contribution < 1.29 is 28.6 Å². The molecule has 0 bridgehead atoms. The fourth-order valence-electron chi connectivity index (χ4n) is 3.12. The van der Waals surface area contributed by atoms with Gasteiger partial charge in [0, 0.05) is 6.92 Å². The third kappa shape index (κ3) is 5.31. The summed E-state index contributed by atoms with van der Waals surface area (Å²) in [4.78, 5) is 37.0. The van der Waals surface area contributed by atoms with E-state index in [2.05, 4.69) is 5.32 Å². The van der Waals surface area contributed by atoms with Crippen LogP contribution in [-0.4, -0.2) is 31.6 Å². The van der Waals surface area contributed by atoms with Crippen LogP contribution in [0.1, 0.15) is 34.6 Å². The van der Waals surface area contributed by atoms with Gasteiger partial charge >= 0.3 is 11.9 Å². The predicted octanol–water partition coefficient (Wildman–Crippen LogP) is 4.72. The lowest BCUT2D eigenvalue weighted by atomic mass is 10.0. The number of nitrogens with one attached hydrogen (secondary N) is 1. The maximum atomic E-state index is 13.2. The molecule has 0 heterocycles. The summed E-state index contributed by atoms with van der Waals surface area (Å²) in [5, 5.41) is 2.75. The Hall–Kier alpha value is -4.13. The summed E-state index contributed by atoms with van der Waals surface area (Å²) >= 11 is 0. The summed E-state index contributed by atoms with van der Waals surface area (Å²) in [5.74, 6) is -1.21. The highest BCUT2D eigenvalue weighted by molar-refractivity contribution is 6.10. The zero-order valence-electron chi connectivity index (χ0n) is 18.0. The molecule has 0 aliphatic rings. The van der Waals surface area contributed by atoms with E-state index in [9.17, 15) is 14.4 Å². The minimum Gasteiger partial charge on any atom is -0.494 e. The Bertz CT molecular complexity index is 1140. The average Bonchev–Trinajstić information content (AvgIpc) is 2.80. The van der Waals surface area contributed by atoms with E-state index in [0.29, 0.717) is 12.4 Å². The summed E-state index contributed by atoms with van der Waals surface area (Å²) in [6, 6.07) is 19.2. The van der Waals surface area contributed by atoms with Gasteiger partial charge in [-0.05, 0) is 48.4 Å². The minimum absolute atomic E-state index is 0.0808. The van der Waals surface area contributed by atoms with Gasteiger partial charge in [-0.1, -0.05) is 36.4 Å². The standard InChI is InChI=1S/C25H23NO6/c1-4-31-19-11-13-23(32-16(2)27)21(15-19)24(28)26-22-14-18(17-8-6-5-7-9-17)10-12-20(22)25(29)30-3/h5-15H,4H2,1-3H3,(H,26,28). The van der Waals surface area contributed by atoms with E-state index < -0.39 is 17.8 Å². The second-order valence-corrected chi connectivity index (χ2v) is 6.76. The third-order valence-corrected chi connectivity index (χ3v) is 4.54. The number of carbonyl (C=O) groups excluding carboxylic acids is 3. The quantitative estimate of drug-likeness (QED) is 0.428. The second kappa shape index (κ2) is 10.3. The van der Waals surface area contributed by atoms with Gasteiger partial charge in [0.1, 0.15) is 11.5 Å². The van der Waals surface area contributed by atoms with Crippen LogP contribution < -0.4 is 14.8 Å². The van der Waals surface area contributed by atoms with E-state index in [1.165, 1.54) is 26.2 Å². The monoisotopic (exact) mass is 433 g/mol. The molecule has 0 saturated heterocycles. The van der Waals surface area contributed by atoms with Crippen LogP contribution in [0.15, 0.2) is 66.7 Å². The molecule has 3 aromatic carbocycles. The highest BCUT2D eigenvalue weighted by Gasteiger charge is 2.20. The molecular weight excluding hydrogens is 410 g/mol. The van der Waals surface area contributed by atoms with Crippen LogP contribution in [0, 0.1) is 0 Å². The molecule has 1 amide bonds. The first kappa shape index (κ1) is 22.6. The molecule has 164 valence electrons. The Morgan fingerprint density at radius 3 is 2.28 bits per heavy atom. The van der Waals surface area contributed by atoms with E-state index in [0.717, 1.165) is 11.1 Å². The van der Waals surface area contributed by atoms with Gasteiger partial charge in [0.05, 0.1) is 30.5 Å². The van der Waals surface area contributed by atoms with Gasteiger partial charge in [-0.3, -0.25) is 9.59 Å². The number of carbonyl (C=O) groups is 3. The third-order valence-electron chi connectivity index (χ3n) is 4.54. The molecule has 7 nitrogen and oxygen atoms in total. The van der Waals surface area contributed by atoms with E-state index >= 15 is 0 Å². The van der Waals surface area contributed by atoms with Crippen molar-refractivity contribution in [3.05, 3.63) is 77.9 Å². The number of hydrogen-bond acceptors (Lipinski definition) is 6. The topological polar surface area (TPSA) is 90.9 Å². The van der Waals surface area contributed by atoms with Crippen molar-refractivity contribution in [3.63, 3.8) is 0 Å². The van der Waals surface area contributed by atoms with Gasteiger partial charge in [-0.25, -0.2) is 4.79 Å². The van der Waals surface area contributed by atoms with Crippen molar-refractivity contribution in [2.75, 3.05) is 19.0 Å². The normalized spacial score (nSPS) is 10.2. The fourth-order valence-corrected chi connectivity index (χ4v) is 3.12. The van der Waals surface area contributed by atoms with Crippen molar-refractivity contribution in [3.8, 4) is 22.6 Å². The van der Waals surface area contributed by atoms with Crippen LogP contribution in [0.2, 0.25) is 0 Å². The van der Waals surface area contributed by atoms with Crippen molar-refractivity contribution in [1.29, 1.82) is 0 Å². The molecule has 0 aliphatic heterocycles. The van der Waals surface area contributed by atoms with Crippen LogP contribution in [0.5, 0.6) is 11.5 Å². The first-order valence-corrected chi connectivity index (χ1v) is 9.97. The average molecular weight is 433 g/mol. The van der Waals surface area contributed by atoms with E-state index in [1.807, 2.05) is 37.3 Å². The van der Waals surface area contributed by atoms with Gasteiger partial charge in [0.15, 0.2) is 0 Å². The minimum atomic E-state index is -0.594. The molecule has 7 heteroatoms. The maximum absolute atomic E-state index is 13.2. The highest BCUT2D eigenvalue weighted by atomic mass is 16.5. The Labute approximate surface area is 185 Å². The van der Waals surface area contributed by atoms with E-state index in [1.54, 1.807) is 24.3 Å². The van der Waals surface area contributed by atoms with Crippen molar-refractivity contribution >= 4 is 23.5 Å². The van der Waals surface area contributed by atoms with Crippen molar-refractivity contribution in [1.82, 2.24) is 0 Å². The SMILES string of the molecule is CCOc1ccc(OC(C)=O)c(C(=O)Nc2cc(-c3ccccc3)ccc2C(=O)OC)c1. The molecular formula is C25H23NO6. The molecule has 0 aromatic heterocycles. The lowest BCUT2D eigenvalue weighted by Crippen LogP contribution is -2.17. The molecule has 0 aliphatic carbocycles. The first-order chi connectivity index (χ1) is 15.4. The van der Waals surface area contributed by atoms with E-state index in [4.69, 9.17) is 14.2 Å². The molecule has 0 fully saturated rings. The zero-order chi connectivity index (χ0) is 23.1. The Morgan fingerprint density at radius 2 is 1.62 bits per heavy atom. The Kier molecular flexibility index (Phi) is 7.23. The molecule has 3 rings (SSSR count). The Morgan fingerprint density at radius 1 is 0.875 bits per heavy atom. The van der Waals surface area contributed by atoms with Gasteiger partial charge in [0.2, 0.25) is 0 Å². The molecule has 0 spiro atoms. The number of amides is 1. The van der Waals surface area contributed by atoms with Gasteiger partial charge in [0.25, 0.3) is 5.91 Å². The maximum Gasteiger partial charge on any atom is 0.339 e. The molecule has 0 atom stereocenters. The molecule has 1 N–H and O–H groups in total. The molecule has 0 radical (unpaired) electrons. The number of ether oxygens (including phenoxy) is 3. The van der Waals surface area contributed by atoms with Crippen LogP contribution in [-0.2, 0) is 9.53 Å². The molecule has 32 heavy (non-hydrogen) atoms. The zero-order valence-corrected chi connectivity index (χ0v) is 18.0.